The van der Waals surface area contributed by atoms with Gasteiger partial charge in [0, 0.05) is 0 Å². The molecule has 1 atom stereocenters. The van der Waals surface area contributed by atoms with Gasteiger partial charge in [0.15, 0.2) is 0 Å². The number of aryl methyl sites for hydroxylation is 2. The second-order valence-electron chi connectivity index (χ2n) is 5.50. The van der Waals surface area contributed by atoms with Crippen LogP contribution in [0.2, 0.25) is 0 Å². The molecule has 26 heavy (non-hydrogen) atoms. The van der Waals surface area contributed by atoms with Crippen LogP contribution < -0.4 is 5.32 Å². The highest BCUT2D eigenvalue weighted by Crippen LogP contribution is 2.24. The molecule has 2 aromatic heterocycles. The van der Waals surface area contributed by atoms with Gasteiger partial charge in [-0.2, -0.15) is 4.68 Å². The fraction of sp³-hybridized carbons (Fsp3) is 0.375. The minimum Gasteiger partial charge on any atom is -0.300 e. The zero-order valence-electron chi connectivity index (χ0n) is 14.7. The number of nitrogens with one attached hydrogen (secondary N) is 1. The molecule has 0 aliphatic heterocycles. The number of benzene rings is 1. The normalized spacial score (nSPS) is 12.1. The van der Waals surface area contributed by atoms with Crippen LogP contribution in [0.3, 0.4) is 0 Å². The number of carbonyl (C=O) groups excluding carboxylic acids is 1. The van der Waals surface area contributed by atoms with Gasteiger partial charge in [0.1, 0.15) is 5.01 Å². The average molecular weight is 390 g/mol. The van der Waals surface area contributed by atoms with Gasteiger partial charge in [0.2, 0.25) is 16.2 Å². The Kier molecular flexibility index (Phi) is 5.94. The molecule has 0 saturated heterocycles. The molecule has 0 fully saturated rings. The maximum atomic E-state index is 12.4. The van der Waals surface area contributed by atoms with Crippen molar-refractivity contribution in [3.8, 4) is 5.69 Å². The van der Waals surface area contributed by atoms with Gasteiger partial charge in [-0.25, -0.2) is 0 Å². The van der Waals surface area contributed by atoms with E-state index in [0.29, 0.717) is 10.3 Å². The molecule has 10 heteroatoms. The average Bonchev–Trinajstić information content (AvgIpc) is 3.31. The Bertz CT molecular complexity index is 875. The molecule has 1 N–H and O–H groups in total. The molecule has 0 bridgehead atoms. The number of hydrogen-bond acceptors (Lipinski definition) is 8. The van der Waals surface area contributed by atoms with Crippen molar-refractivity contribution in [2.75, 3.05) is 5.32 Å². The summed E-state index contributed by atoms with van der Waals surface area (Å²) < 4.78 is 1.63. The smallest absolute Gasteiger partial charge is 0.239 e. The van der Waals surface area contributed by atoms with Crippen molar-refractivity contribution in [1.82, 2.24) is 30.4 Å². The molecule has 1 amide bonds. The van der Waals surface area contributed by atoms with E-state index in [9.17, 15) is 4.79 Å². The number of rotatable bonds is 7. The van der Waals surface area contributed by atoms with Crippen molar-refractivity contribution in [3.05, 3.63) is 34.8 Å². The molecule has 0 spiro atoms. The van der Waals surface area contributed by atoms with Gasteiger partial charge in [-0.1, -0.05) is 49.1 Å². The molecule has 8 nitrogen and oxygen atoms in total. The monoisotopic (exact) mass is 389 g/mol. The van der Waals surface area contributed by atoms with Gasteiger partial charge in [0.25, 0.3) is 0 Å². The minimum absolute atomic E-state index is 0.162. The molecule has 0 unspecified atom stereocenters. The summed E-state index contributed by atoms with van der Waals surface area (Å²) in [5.41, 5.74) is 2.10. The van der Waals surface area contributed by atoms with Gasteiger partial charge < -0.3 is 0 Å². The lowest BCUT2D eigenvalue weighted by molar-refractivity contribution is -0.115. The highest BCUT2D eigenvalue weighted by molar-refractivity contribution is 8.00. The van der Waals surface area contributed by atoms with Crippen molar-refractivity contribution >= 4 is 34.1 Å². The number of nitrogens with zero attached hydrogens (tertiary/aromatic N) is 6. The maximum Gasteiger partial charge on any atom is 0.239 e. The molecule has 3 rings (SSSR count). The van der Waals surface area contributed by atoms with E-state index in [1.807, 2.05) is 31.2 Å². The third kappa shape index (κ3) is 4.25. The van der Waals surface area contributed by atoms with Gasteiger partial charge in [-0.3, -0.25) is 10.1 Å². The maximum absolute atomic E-state index is 12.4. The molecule has 2 heterocycles. The lowest BCUT2D eigenvalue weighted by Gasteiger charge is -2.10. The van der Waals surface area contributed by atoms with Crippen LogP contribution in [0.1, 0.15) is 31.3 Å². The summed E-state index contributed by atoms with van der Waals surface area (Å²) in [6, 6.07) is 8.03. The molecule has 3 aromatic rings. The Morgan fingerprint density at radius 1 is 1.19 bits per heavy atom. The number of hydrogen-bond donors (Lipinski definition) is 1. The van der Waals surface area contributed by atoms with Crippen LogP contribution in [0.4, 0.5) is 5.13 Å². The van der Waals surface area contributed by atoms with Crippen LogP contribution in [0, 0.1) is 0 Å². The Hall–Kier alpha value is -2.33. The third-order valence-electron chi connectivity index (χ3n) is 3.68. The largest absolute Gasteiger partial charge is 0.300 e. The summed E-state index contributed by atoms with van der Waals surface area (Å²) in [6.07, 6.45) is 1.77. The van der Waals surface area contributed by atoms with Crippen molar-refractivity contribution in [3.63, 3.8) is 0 Å². The van der Waals surface area contributed by atoms with Gasteiger partial charge in [-0.05, 0) is 47.9 Å². The van der Waals surface area contributed by atoms with Gasteiger partial charge in [0.05, 0.1) is 10.9 Å². The predicted octanol–water partition coefficient (Wildman–Crippen LogP) is 2.76. The number of amides is 1. The number of tetrazole rings is 1. The molecule has 0 aliphatic rings. The molecular weight excluding hydrogens is 370 g/mol. The van der Waals surface area contributed by atoms with E-state index in [1.165, 1.54) is 28.7 Å². The minimum atomic E-state index is -0.386. The fourth-order valence-corrected chi connectivity index (χ4v) is 3.64. The van der Waals surface area contributed by atoms with Crippen molar-refractivity contribution in [1.29, 1.82) is 0 Å². The Labute approximate surface area is 159 Å². The first kappa shape index (κ1) is 18.5. The Morgan fingerprint density at radius 3 is 2.62 bits per heavy atom. The van der Waals surface area contributed by atoms with Crippen molar-refractivity contribution < 1.29 is 4.79 Å². The van der Waals surface area contributed by atoms with Crippen LogP contribution in [0.5, 0.6) is 0 Å². The highest BCUT2D eigenvalue weighted by Gasteiger charge is 2.20. The molecule has 0 aliphatic carbocycles. The summed E-state index contributed by atoms with van der Waals surface area (Å²) >= 11 is 2.67. The second-order valence-corrected chi connectivity index (χ2v) is 7.87. The highest BCUT2D eigenvalue weighted by atomic mass is 32.2. The van der Waals surface area contributed by atoms with Crippen LogP contribution in [0.15, 0.2) is 29.4 Å². The third-order valence-corrected chi connectivity index (χ3v) is 5.70. The zero-order valence-corrected chi connectivity index (χ0v) is 16.3. The van der Waals surface area contributed by atoms with E-state index in [4.69, 9.17) is 0 Å². The standard InChI is InChI=1S/C16H19N7OS2/c1-4-11-6-8-12(9-7-11)23-16(20-21-22-23)25-10(3)14(24)17-15-19-18-13(5-2)26-15/h6-10H,4-5H2,1-3H3,(H,17,19,24)/t10-/m0/s1. The van der Waals surface area contributed by atoms with Crippen LogP contribution >= 0.6 is 23.1 Å². The van der Waals surface area contributed by atoms with E-state index in [2.05, 4.69) is 38.0 Å². The molecular formula is C16H19N7OS2. The van der Waals surface area contributed by atoms with Crippen LogP contribution in [-0.2, 0) is 17.6 Å². The summed E-state index contributed by atoms with van der Waals surface area (Å²) in [6.45, 7) is 5.91. The lowest BCUT2D eigenvalue weighted by Crippen LogP contribution is -2.22. The van der Waals surface area contributed by atoms with Gasteiger partial charge in [-0.15, -0.1) is 15.3 Å². The zero-order chi connectivity index (χ0) is 18.5. The Balaban J connectivity index is 1.68. The number of anilines is 1. The number of thioether (sulfide) groups is 1. The second kappa shape index (κ2) is 8.37. The molecule has 136 valence electrons. The quantitative estimate of drug-likeness (QED) is 0.620. The molecule has 0 radical (unpaired) electrons. The topological polar surface area (TPSA) is 98.5 Å². The van der Waals surface area contributed by atoms with Crippen molar-refractivity contribution in [2.24, 2.45) is 0 Å². The summed E-state index contributed by atoms with van der Waals surface area (Å²) in [4.78, 5) is 12.4. The predicted molar refractivity (Wildman–Crippen MR) is 102 cm³/mol. The van der Waals surface area contributed by atoms with Crippen molar-refractivity contribution in [2.45, 2.75) is 44.0 Å². The molecule has 0 saturated carbocycles. The summed E-state index contributed by atoms with van der Waals surface area (Å²) in [5.74, 6) is -0.162. The van der Waals surface area contributed by atoms with E-state index in [0.717, 1.165) is 23.5 Å². The Morgan fingerprint density at radius 2 is 1.96 bits per heavy atom. The van der Waals surface area contributed by atoms with E-state index in [-0.39, 0.29) is 11.2 Å². The summed E-state index contributed by atoms with van der Waals surface area (Å²) in [7, 11) is 0. The number of carbonyl (C=O) groups is 1. The van der Waals surface area contributed by atoms with E-state index < -0.39 is 0 Å². The summed E-state index contributed by atoms with van der Waals surface area (Å²) in [5, 5.41) is 24.2. The van der Waals surface area contributed by atoms with E-state index in [1.54, 1.807) is 11.6 Å². The lowest BCUT2D eigenvalue weighted by atomic mass is 10.1. The van der Waals surface area contributed by atoms with Crippen LogP contribution in [-0.4, -0.2) is 41.6 Å². The van der Waals surface area contributed by atoms with Crippen LogP contribution in [0.25, 0.3) is 5.69 Å². The van der Waals surface area contributed by atoms with E-state index >= 15 is 0 Å². The molecule has 1 aromatic carbocycles. The van der Waals surface area contributed by atoms with Gasteiger partial charge >= 0.3 is 0 Å². The first-order valence-corrected chi connectivity index (χ1v) is 9.98. The first-order chi connectivity index (χ1) is 12.6. The SMILES string of the molecule is CCc1ccc(-n2nnnc2S[C@@H](C)C(=O)Nc2nnc(CC)s2)cc1. The first-order valence-electron chi connectivity index (χ1n) is 8.28. The number of aromatic nitrogens is 6. The fourth-order valence-electron chi connectivity index (χ4n) is 2.15.